The van der Waals surface area contributed by atoms with Gasteiger partial charge in [0.05, 0.1) is 11.5 Å². The fourth-order valence-electron chi connectivity index (χ4n) is 3.39. The van der Waals surface area contributed by atoms with Gasteiger partial charge >= 0.3 is 0 Å². The van der Waals surface area contributed by atoms with E-state index in [0.717, 1.165) is 32.9 Å². The van der Waals surface area contributed by atoms with Gasteiger partial charge in [-0.05, 0) is 43.9 Å². The zero-order valence-corrected chi connectivity index (χ0v) is 16.0. The molecule has 0 saturated heterocycles. The summed E-state index contributed by atoms with van der Waals surface area (Å²) in [4.78, 5) is 12.8. The summed E-state index contributed by atoms with van der Waals surface area (Å²) in [7, 11) is 0. The van der Waals surface area contributed by atoms with Gasteiger partial charge in [0.15, 0.2) is 5.76 Å². The van der Waals surface area contributed by atoms with E-state index in [1.54, 1.807) is 12.1 Å². The van der Waals surface area contributed by atoms with Crippen molar-refractivity contribution in [2.45, 2.75) is 26.2 Å². The standard InChI is InChI=1S/C24H20N2O2/c1-15-19-13-8-16-6-4-5-7-20(16)22(19)28-21(15)23(27)26-18-11-9-17(10-12-18)24(2,3)14-25/h4-13H,1-3H3,(H,26,27). The Morgan fingerprint density at radius 3 is 2.43 bits per heavy atom. The van der Waals surface area contributed by atoms with Crippen LogP contribution in [0.3, 0.4) is 0 Å². The lowest BCUT2D eigenvalue weighted by Gasteiger charge is -2.16. The predicted octanol–water partition coefficient (Wildman–Crippen LogP) is 5.95. The minimum atomic E-state index is -0.571. The molecule has 1 amide bonds. The van der Waals surface area contributed by atoms with Crippen molar-refractivity contribution < 1.29 is 9.21 Å². The third-order valence-corrected chi connectivity index (χ3v) is 5.18. The molecule has 0 radical (unpaired) electrons. The zero-order chi connectivity index (χ0) is 19.9. The summed E-state index contributed by atoms with van der Waals surface area (Å²) in [5.74, 6) is 0.0258. The minimum absolute atomic E-state index is 0.287. The van der Waals surface area contributed by atoms with Gasteiger partial charge in [-0.3, -0.25) is 4.79 Å². The molecule has 28 heavy (non-hydrogen) atoms. The van der Waals surface area contributed by atoms with Crippen LogP contribution in [0.25, 0.3) is 21.7 Å². The van der Waals surface area contributed by atoms with Crippen molar-refractivity contribution in [2.24, 2.45) is 0 Å². The Balaban J connectivity index is 1.67. The monoisotopic (exact) mass is 368 g/mol. The molecule has 1 aromatic heterocycles. The first-order chi connectivity index (χ1) is 13.4. The van der Waals surface area contributed by atoms with Crippen LogP contribution in [-0.2, 0) is 5.41 Å². The largest absolute Gasteiger partial charge is 0.450 e. The molecule has 0 aliphatic carbocycles. The normalized spacial score (nSPS) is 11.5. The Bertz CT molecular complexity index is 1240. The van der Waals surface area contributed by atoms with Gasteiger partial charge < -0.3 is 9.73 Å². The van der Waals surface area contributed by atoms with E-state index < -0.39 is 5.41 Å². The number of benzene rings is 3. The molecule has 0 unspecified atom stereocenters. The van der Waals surface area contributed by atoms with Crippen molar-refractivity contribution in [2.75, 3.05) is 5.32 Å². The van der Waals surface area contributed by atoms with Crippen LogP contribution < -0.4 is 5.32 Å². The molecule has 4 heteroatoms. The number of amides is 1. The number of rotatable bonds is 3. The van der Waals surface area contributed by atoms with Crippen molar-refractivity contribution in [1.29, 1.82) is 5.26 Å². The van der Waals surface area contributed by atoms with E-state index >= 15 is 0 Å². The SMILES string of the molecule is Cc1c(C(=O)Nc2ccc(C(C)(C)C#N)cc2)oc2c1ccc1ccccc12. The Labute approximate surface area is 163 Å². The number of furan rings is 1. The third kappa shape index (κ3) is 2.91. The fraction of sp³-hybridized carbons (Fsp3) is 0.167. The number of hydrogen-bond acceptors (Lipinski definition) is 3. The number of carbonyl (C=O) groups is 1. The maximum absolute atomic E-state index is 12.8. The molecule has 4 rings (SSSR count). The zero-order valence-electron chi connectivity index (χ0n) is 16.0. The number of fused-ring (bicyclic) bond motifs is 3. The first-order valence-corrected chi connectivity index (χ1v) is 9.15. The van der Waals surface area contributed by atoms with E-state index in [4.69, 9.17) is 4.42 Å². The lowest BCUT2D eigenvalue weighted by atomic mass is 9.86. The maximum Gasteiger partial charge on any atom is 0.291 e. The fourth-order valence-corrected chi connectivity index (χ4v) is 3.39. The second kappa shape index (κ2) is 6.54. The number of aryl methyl sites for hydroxylation is 1. The summed E-state index contributed by atoms with van der Waals surface area (Å²) in [6.07, 6.45) is 0. The quantitative estimate of drug-likeness (QED) is 0.486. The number of hydrogen-bond donors (Lipinski definition) is 1. The Kier molecular flexibility index (Phi) is 4.16. The van der Waals surface area contributed by atoms with Crippen LogP contribution in [0.2, 0.25) is 0 Å². The van der Waals surface area contributed by atoms with Gasteiger partial charge in [0.2, 0.25) is 0 Å². The molecule has 0 aliphatic rings. The highest BCUT2D eigenvalue weighted by Gasteiger charge is 2.21. The van der Waals surface area contributed by atoms with Gasteiger partial charge in [0.1, 0.15) is 5.58 Å². The van der Waals surface area contributed by atoms with E-state index in [1.165, 1.54) is 0 Å². The first kappa shape index (κ1) is 17.8. The summed E-state index contributed by atoms with van der Waals surface area (Å²) in [5.41, 5.74) is 2.54. The molecule has 138 valence electrons. The van der Waals surface area contributed by atoms with E-state index in [0.29, 0.717) is 11.4 Å². The number of carbonyl (C=O) groups excluding carboxylic acids is 1. The predicted molar refractivity (Wildman–Crippen MR) is 111 cm³/mol. The number of nitrogens with one attached hydrogen (secondary N) is 1. The van der Waals surface area contributed by atoms with Crippen LogP contribution in [0.15, 0.2) is 65.1 Å². The summed E-state index contributed by atoms with van der Waals surface area (Å²) in [5, 5.41) is 15.1. The number of anilines is 1. The van der Waals surface area contributed by atoms with Gasteiger partial charge in [-0.2, -0.15) is 5.26 Å². The molecule has 1 N–H and O–H groups in total. The molecule has 4 aromatic rings. The van der Waals surface area contributed by atoms with Crippen LogP contribution in [0.5, 0.6) is 0 Å². The first-order valence-electron chi connectivity index (χ1n) is 9.15. The molecule has 4 nitrogen and oxygen atoms in total. The van der Waals surface area contributed by atoms with Crippen LogP contribution in [0.4, 0.5) is 5.69 Å². The highest BCUT2D eigenvalue weighted by molar-refractivity contribution is 6.11. The second-order valence-corrected chi connectivity index (χ2v) is 7.49. The molecule has 3 aromatic carbocycles. The molecule has 0 spiro atoms. The van der Waals surface area contributed by atoms with E-state index in [2.05, 4.69) is 11.4 Å². The van der Waals surface area contributed by atoms with E-state index in [9.17, 15) is 10.1 Å². The summed E-state index contributed by atoms with van der Waals surface area (Å²) < 4.78 is 5.99. The third-order valence-electron chi connectivity index (χ3n) is 5.18. The van der Waals surface area contributed by atoms with E-state index in [1.807, 2.05) is 69.3 Å². The van der Waals surface area contributed by atoms with Crippen LogP contribution in [-0.4, -0.2) is 5.91 Å². The number of nitriles is 1. The van der Waals surface area contributed by atoms with Gasteiger partial charge in [-0.1, -0.05) is 48.5 Å². The van der Waals surface area contributed by atoms with Gasteiger partial charge in [0, 0.05) is 22.0 Å². The highest BCUT2D eigenvalue weighted by atomic mass is 16.3. The Hall–Kier alpha value is -3.58. The molecule has 0 fully saturated rings. The molecule has 0 saturated carbocycles. The second-order valence-electron chi connectivity index (χ2n) is 7.49. The number of nitrogens with zero attached hydrogens (tertiary/aromatic N) is 1. The van der Waals surface area contributed by atoms with Gasteiger partial charge in [0.25, 0.3) is 5.91 Å². The van der Waals surface area contributed by atoms with Crippen LogP contribution in [0, 0.1) is 18.3 Å². The van der Waals surface area contributed by atoms with Crippen molar-refractivity contribution in [3.05, 3.63) is 77.6 Å². The highest BCUT2D eigenvalue weighted by Crippen LogP contribution is 2.32. The van der Waals surface area contributed by atoms with Crippen molar-refractivity contribution in [1.82, 2.24) is 0 Å². The summed E-state index contributed by atoms with van der Waals surface area (Å²) >= 11 is 0. The average molecular weight is 368 g/mol. The van der Waals surface area contributed by atoms with E-state index in [-0.39, 0.29) is 5.91 Å². The lowest BCUT2D eigenvalue weighted by molar-refractivity contribution is 0.0998. The lowest BCUT2D eigenvalue weighted by Crippen LogP contribution is -2.15. The van der Waals surface area contributed by atoms with Crippen molar-refractivity contribution in [3.8, 4) is 6.07 Å². The van der Waals surface area contributed by atoms with Gasteiger partial charge in [-0.15, -0.1) is 0 Å². The Morgan fingerprint density at radius 2 is 1.71 bits per heavy atom. The minimum Gasteiger partial charge on any atom is -0.450 e. The average Bonchev–Trinajstić information content (AvgIpc) is 3.05. The van der Waals surface area contributed by atoms with Crippen LogP contribution >= 0.6 is 0 Å². The summed E-state index contributed by atoms with van der Waals surface area (Å²) in [6, 6.07) is 21.6. The summed E-state index contributed by atoms with van der Waals surface area (Å²) in [6.45, 7) is 5.62. The van der Waals surface area contributed by atoms with Crippen LogP contribution in [0.1, 0.15) is 35.5 Å². The molecule has 1 heterocycles. The molecule has 0 bridgehead atoms. The molecule has 0 aliphatic heterocycles. The molecule has 0 atom stereocenters. The topological polar surface area (TPSA) is 66.0 Å². The van der Waals surface area contributed by atoms with Crippen molar-refractivity contribution in [3.63, 3.8) is 0 Å². The van der Waals surface area contributed by atoms with Crippen molar-refractivity contribution >= 4 is 33.3 Å². The van der Waals surface area contributed by atoms with Gasteiger partial charge in [-0.25, -0.2) is 0 Å². The Morgan fingerprint density at radius 1 is 1.00 bits per heavy atom. The maximum atomic E-state index is 12.8. The molecular weight excluding hydrogens is 348 g/mol. The smallest absolute Gasteiger partial charge is 0.291 e. The molecular formula is C24H20N2O2.